The van der Waals surface area contributed by atoms with Gasteiger partial charge in [-0.05, 0) is 53.4 Å². The maximum atomic E-state index is 13.8. The Hall–Kier alpha value is -3.77. The third kappa shape index (κ3) is 3.82. The van der Waals surface area contributed by atoms with Crippen molar-refractivity contribution in [1.29, 1.82) is 0 Å². The van der Waals surface area contributed by atoms with Gasteiger partial charge in [0.2, 0.25) is 11.8 Å². The number of benzene rings is 3. The van der Waals surface area contributed by atoms with E-state index < -0.39 is 12.1 Å². The van der Waals surface area contributed by atoms with Gasteiger partial charge in [0.05, 0.1) is 19.7 Å². The topological polar surface area (TPSA) is 65.6 Å². The van der Waals surface area contributed by atoms with E-state index in [1.165, 1.54) is 0 Å². The summed E-state index contributed by atoms with van der Waals surface area (Å²) in [5.74, 6) is 0.660. The molecule has 1 N–H and O–H groups in total. The van der Waals surface area contributed by atoms with Crippen molar-refractivity contribution >= 4 is 34.3 Å². The highest BCUT2D eigenvalue weighted by atomic mass is 35.5. The van der Waals surface area contributed by atoms with Crippen LogP contribution in [0.3, 0.4) is 0 Å². The lowest BCUT2D eigenvalue weighted by molar-refractivity contribution is -0.158. The standard InChI is InChI=1S/C29H26ClN3O3/c1-36-21-6-4-5-19(15-21)28-27-23(22-7-2-3-8-24(22)31-27)16-25-29(35)32(17-26(34)33(25)28)14-13-18-9-11-20(30)12-10-18/h2-12,15,25,28,31H,13-14,16-17H2,1H3/t25-,28?/m0/s1. The van der Waals surface area contributed by atoms with E-state index in [1.807, 2.05) is 66.7 Å². The number of carbonyl (C=O) groups excluding carboxylic acids is 2. The van der Waals surface area contributed by atoms with Crippen molar-refractivity contribution in [2.75, 3.05) is 20.2 Å². The summed E-state index contributed by atoms with van der Waals surface area (Å²) in [5.41, 5.74) is 5.08. The van der Waals surface area contributed by atoms with Crippen molar-refractivity contribution in [3.05, 3.63) is 100 Å². The Kier molecular flexibility index (Phi) is 5.69. The van der Waals surface area contributed by atoms with E-state index in [0.29, 0.717) is 30.2 Å². The summed E-state index contributed by atoms with van der Waals surface area (Å²) < 4.78 is 5.48. The number of amides is 2. The summed E-state index contributed by atoms with van der Waals surface area (Å²) >= 11 is 6.01. The van der Waals surface area contributed by atoms with E-state index in [-0.39, 0.29) is 18.4 Å². The van der Waals surface area contributed by atoms with Crippen LogP contribution < -0.4 is 4.74 Å². The molecular formula is C29H26ClN3O3. The van der Waals surface area contributed by atoms with Crippen LogP contribution in [0.5, 0.6) is 5.75 Å². The number of nitrogens with zero attached hydrogens (tertiary/aromatic N) is 2. The maximum absolute atomic E-state index is 13.8. The predicted molar refractivity (Wildman–Crippen MR) is 139 cm³/mol. The summed E-state index contributed by atoms with van der Waals surface area (Å²) in [4.78, 5) is 34.6. The van der Waals surface area contributed by atoms with Crippen LogP contribution in [0, 0.1) is 0 Å². The Balaban J connectivity index is 1.39. The molecular weight excluding hydrogens is 474 g/mol. The Morgan fingerprint density at radius 3 is 2.64 bits per heavy atom. The molecule has 2 aliphatic heterocycles. The van der Waals surface area contributed by atoms with Gasteiger partial charge in [0.15, 0.2) is 0 Å². The van der Waals surface area contributed by atoms with Crippen LogP contribution in [0.4, 0.5) is 0 Å². The smallest absolute Gasteiger partial charge is 0.246 e. The maximum Gasteiger partial charge on any atom is 0.246 e. The van der Waals surface area contributed by atoms with E-state index in [1.54, 1.807) is 16.9 Å². The van der Waals surface area contributed by atoms with Crippen LogP contribution in [-0.4, -0.2) is 52.8 Å². The van der Waals surface area contributed by atoms with Gasteiger partial charge in [0.1, 0.15) is 11.8 Å². The van der Waals surface area contributed by atoms with Crippen LogP contribution in [0.15, 0.2) is 72.8 Å². The van der Waals surface area contributed by atoms with E-state index in [4.69, 9.17) is 16.3 Å². The highest BCUT2D eigenvalue weighted by Crippen LogP contribution is 2.43. The average molecular weight is 500 g/mol. The molecule has 0 bridgehead atoms. The molecule has 0 aliphatic carbocycles. The molecule has 0 spiro atoms. The van der Waals surface area contributed by atoms with Crippen molar-refractivity contribution in [2.24, 2.45) is 0 Å². The van der Waals surface area contributed by atoms with Crippen LogP contribution in [0.2, 0.25) is 5.02 Å². The van der Waals surface area contributed by atoms with E-state index in [0.717, 1.165) is 33.3 Å². The largest absolute Gasteiger partial charge is 0.497 e. The van der Waals surface area contributed by atoms with Gasteiger partial charge in [-0.15, -0.1) is 0 Å². The minimum atomic E-state index is -0.556. The van der Waals surface area contributed by atoms with Gasteiger partial charge >= 0.3 is 0 Å². The van der Waals surface area contributed by atoms with Gasteiger partial charge in [0, 0.05) is 34.6 Å². The summed E-state index contributed by atoms with van der Waals surface area (Å²) in [5, 5.41) is 1.78. The van der Waals surface area contributed by atoms with E-state index in [2.05, 4.69) is 11.1 Å². The highest BCUT2D eigenvalue weighted by molar-refractivity contribution is 6.30. The predicted octanol–water partition coefficient (Wildman–Crippen LogP) is 4.76. The number of hydrogen-bond donors (Lipinski definition) is 1. The molecule has 2 atom stereocenters. The molecule has 2 aliphatic rings. The second kappa shape index (κ2) is 9.03. The Bertz CT molecular complexity index is 1460. The lowest BCUT2D eigenvalue weighted by Gasteiger charge is -2.47. The molecule has 182 valence electrons. The summed E-state index contributed by atoms with van der Waals surface area (Å²) in [6, 6.07) is 22.5. The third-order valence-corrected chi connectivity index (χ3v) is 7.59. The van der Waals surface area contributed by atoms with Crippen LogP contribution in [0.25, 0.3) is 10.9 Å². The first-order valence-corrected chi connectivity index (χ1v) is 12.5. The molecule has 4 aromatic rings. The van der Waals surface area contributed by atoms with Crippen molar-refractivity contribution in [3.8, 4) is 5.75 Å². The zero-order valence-electron chi connectivity index (χ0n) is 19.9. The minimum absolute atomic E-state index is 0.00705. The fraction of sp³-hybridized carbons (Fsp3) is 0.241. The molecule has 3 aromatic carbocycles. The van der Waals surface area contributed by atoms with Gasteiger partial charge in [-0.1, -0.05) is 54.1 Å². The second-order valence-electron chi connectivity index (χ2n) is 9.40. The highest BCUT2D eigenvalue weighted by Gasteiger charge is 2.48. The molecule has 2 amide bonds. The van der Waals surface area contributed by atoms with Crippen LogP contribution >= 0.6 is 11.6 Å². The quantitative estimate of drug-likeness (QED) is 0.430. The average Bonchev–Trinajstić information content (AvgIpc) is 3.28. The number of para-hydroxylation sites is 1. The number of carbonyl (C=O) groups is 2. The fourth-order valence-corrected chi connectivity index (χ4v) is 5.71. The molecule has 6 rings (SSSR count). The number of rotatable bonds is 5. The van der Waals surface area contributed by atoms with Crippen molar-refractivity contribution in [3.63, 3.8) is 0 Å². The first-order valence-electron chi connectivity index (χ1n) is 12.1. The number of aromatic amines is 1. The fourth-order valence-electron chi connectivity index (χ4n) is 5.59. The number of methoxy groups -OCH3 is 1. The van der Waals surface area contributed by atoms with Gasteiger partial charge in [0.25, 0.3) is 0 Å². The molecule has 1 fully saturated rings. The first-order chi connectivity index (χ1) is 17.5. The molecule has 0 radical (unpaired) electrons. The molecule has 1 unspecified atom stereocenters. The normalized spacial score (nSPS) is 19.4. The minimum Gasteiger partial charge on any atom is -0.497 e. The van der Waals surface area contributed by atoms with Gasteiger partial charge in [-0.3, -0.25) is 9.59 Å². The van der Waals surface area contributed by atoms with E-state index in [9.17, 15) is 9.59 Å². The summed E-state index contributed by atoms with van der Waals surface area (Å²) in [6.07, 6.45) is 1.16. The number of H-pyrrole nitrogens is 1. The molecule has 7 heteroatoms. The Labute approximate surface area is 214 Å². The molecule has 1 aromatic heterocycles. The number of piperazine rings is 1. The number of hydrogen-bond acceptors (Lipinski definition) is 3. The lowest BCUT2D eigenvalue weighted by atomic mass is 9.86. The van der Waals surface area contributed by atoms with Crippen molar-refractivity contribution < 1.29 is 14.3 Å². The molecule has 6 nitrogen and oxygen atoms in total. The molecule has 3 heterocycles. The monoisotopic (exact) mass is 499 g/mol. The second-order valence-corrected chi connectivity index (χ2v) is 9.84. The number of nitrogens with one attached hydrogen (secondary N) is 1. The van der Waals surface area contributed by atoms with E-state index >= 15 is 0 Å². The number of ether oxygens (including phenoxy) is 1. The first kappa shape index (κ1) is 22.7. The van der Waals surface area contributed by atoms with Gasteiger partial charge < -0.3 is 19.5 Å². The van der Waals surface area contributed by atoms with Crippen LogP contribution in [0.1, 0.15) is 28.4 Å². The molecule has 36 heavy (non-hydrogen) atoms. The number of halogens is 1. The molecule has 0 saturated carbocycles. The zero-order valence-corrected chi connectivity index (χ0v) is 20.7. The number of aromatic nitrogens is 1. The Morgan fingerprint density at radius 1 is 1.03 bits per heavy atom. The zero-order chi connectivity index (χ0) is 24.8. The van der Waals surface area contributed by atoms with Crippen LogP contribution in [-0.2, 0) is 22.4 Å². The molecule has 1 saturated heterocycles. The summed E-state index contributed by atoms with van der Waals surface area (Å²) in [6.45, 7) is 0.556. The third-order valence-electron chi connectivity index (χ3n) is 7.34. The van der Waals surface area contributed by atoms with Gasteiger partial charge in [-0.25, -0.2) is 0 Å². The Morgan fingerprint density at radius 2 is 1.83 bits per heavy atom. The van der Waals surface area contributed by atoms with Crippen molar-refractivity contribution in [1.82, 2.24) is 14.8 Å². The number of fused-ring (bicyclic) bond motifs is 4. The summed E-state index contributed by atoms with van der Waals surface area (Å²) in [7, 11) is 1.63. The lowest BCUT2D eigenvalue weighted by Crippen LogP contribution is -2.63. The van der Waals surface area contributed by atoms with Crippen molar-refractivity contribution in [2.45, 2.75) is 24.9 Å². The SMILES string of the molecule is COc1cccc(C2c3[nH]c4ccccc4c3C[C@H]3C(=O)N(CCc4ccc(Cl)cc4)CC(=O)N23)c1. The van der Waals surface area contributed by atoms with Gasteiger partial charge in [-0.2, -0.15) is 0 Å².